The summed E-state index contributed by atoms with van der Waals surface area (Å²) < 4.78 is 18.5. The summed E-state index contributed by atoms with van der Waals surface area (Å²) in [6.07, 6.45) is 4.96. The smallest absolute Gasteiger partial charge is 0.255 e. The molecule has 0 saturated heterocycles. The van der Waals surface area contributed by atoms with Gasteiger partial charge in [0, 0.05) is 18.6 Å². The van der Waals surface area contributed by atoms with Crippen LogP contribution in [0.3, 0.4) is 0 Å². The van der Waals surface area contributed by atoms with Crippen LogP contribution >= 0.6 is 0 Å². The summed E-state index contributed by atoms with van der Waals surface area (Å²) in [5.41, 5.74) is 0.193. The molecule has 0 heterocycles. The van der Waals surface area contributed by atoms with Crippen molar-refractivity contribution in [2.45, 2.75) is 38.1 Å². The molecule has 2 atom stereocenters. The highest BCUT2D eigenvalue weighted by Crippen LogP contribution is 2.25. The Morgan fingerprint density at radius 3 is 2.86 bits per heavy atom. The molecule has 1 aliphatic carbocycles. The van der Waals surface area contributed by atoms with Gasteiger partial charge in [0.05, 0.1) is 12.7 Å². The van der Waals surface area contributed by atoms with Crippen LogP contribution in [0.4, 0.5) is 4.39 Å². The molecule has 0 radical (unpaired) electrons. The van der Waals surface area contributed by atoms with Gasteiger partial charge in [0.1, 0.15) is 11.6 Å². The predicted octanol–water partition coefficient (Wildman–Crippen LogP) is 2.51. The summed E-state index contributed by atoms with van der Waals surface area (Å²) in [5.74, 6) is -0.406. The molecular weight excluding hydrogens is 273 g/mol. The van der Waals surface area contributed by atoms with Gasteiger partial charge >= 0.3 is 0 Å². The topological polar surface area (TPSA) is 58.6 Å². The summed E-state index contributed by atoms with van der Waals surface area (Å²) in [6, 6.07) is 3.82. The zero-order valence-electron chi connectivity index (χ0n) is 12.3. The lowest BCUT2D eigenvalue weighted by atomic mass is 9.95. The van der Waals surface area contributed by atoms with Gasteiger partial charge in [-0.05, 0) is 31.0 Å². The monoisotopic (exact) mass is 295 g/mol. The van der Waals surface area contributed by atoms with Gasteiger partial charge in [0.15, 0.2) is 0 Å². The third-order valence-electron chi connectivity index (χ3n) is 4.12. The Bertz CT molecular complexity index is 492. The second kappa shape index (κ2) is 7.41. The van der Waals surface area contributed by atoms with Crippen LogP contribution in [0.2, 0.25) is 0 Å². The van der Waals surface area contributed by atoms with E-state index in [9.17, 15) is 14.3 Å². The molecule has 4 nitrogen and oxygen atoms in total. The van der Waals surface area contributed by atoms with Gasteiger partial charge in [-0.25, -0.2) is 4.39 Å². The van der Waals surface area contributed by atoms with E-state index in [1.54, 1.807) is 0 Å². The lowest BCUT2D eigenvalue weighted by Gasteiger charge is -2.24. The Labute approximate surface area is 124 Å². The number of rotatable bonds is 4. The molecule has 21 heavy (non-hydrogen) atoms. The minimum Gasteiger partial charge on any atom is -0.496 e. The first kappa shape index (κ1) is 15.8. The van der Waals surface area contributed by atoms with Crippen LogP contribution in [0, 0.1) is 11.7 Å². The van der Waals surface area contributed by atoms with Gasteiger partial charge in [-0.2, -0.15) is 0 Å². The number of amides is 1. The Kier molecular flexibility index (Phi) is 5.56. The molecule has 1 saturated carbocycles. The first-order valence-corrected chi connectivity index (χ1v) is 7.41. The maximum Gasteiger partial charge on any atom is 0.255 e. The number of hydrogen-bond donors (Lipinski definition) is 2. The molecule has 1 aromatic carbocycles. The van der Waals surface area contributed by atoms with Gasteiger partial charge in [0.2, 0.25) is 0 Å². The lowest BCUT2D eigenvalue weighted by Crippen LogP contribution is -2.41. The predicted molar refractivity (Wildman–Crippen MR) is 77.9 cm³/mol. The number of aliphatic hydroxyl groups excluding tert-OH is 1. The van der Waals surface area contributed by atoms with E-state index in [0.29, 0.717) is 5.75 Å². The summed E-state index contributed by atoms with van der Waals surface area (Å²) in [4.78, 5) is 12.4. The molecule has 2 rings (SSSR count). The van der Waals surface area contributed by atoms with Crippen LogP contribution < -0.4 is 10.1 Å². The van der Waals surface area contributed by atoms with E-state index < -0.39 is 5.82 Å². The number of carbonyl (C=O) groups excluding carboxylic acids is 1. The van der Waals surface area contributed by atoms with E-state index in [4.69, 9.17) is 4.74 Å². The molecule has 1 aliphatic rings. The van der Waals surface area contributed by atoms with Gasteiger partial charge in [-0.1, -0.05) is 19.3 Å². The van der Waals surface area contributed by atoms with Crippen molar-refractivity contribution in [2.75, 3.05) is 13.7 Å². The summed E-state index contributed by atoms with van der Waals surface area (Å²) in [5, 5.41) is 12.4. The second-order valence-corrected chi connectivity index (χ2v) is 5.51. The average molecular weight is 295 g/mol. The van der Waals surface area contributed by atoms with Crippen molar-refractivity contribution in [3.05, 3.63) is 29.6 Å². The van der Waals surface area contributed by atoms with E-state index in [1.807, 2.05) is 0 Å². The molecule has 2 unspecified atom stereocenters. The molecule has 2 N–H and O–H groups in total. The Hall–Kier alpha value is -1.62. The summed E-state index contributed by atoms with van der Waals surface area (Å²) in [7, 11) is 1.45. The van der Waals surface area contributed by atoms with Crippen LogP contribution in [0.15, 0.2) is 18.2 Å². The van der Waals surface area contributed by atoms with Crippen molar-refractivity contribution in [1.29, 1.82) is 0 Å². The van der Waals surface area contributed by atoms with E-state index in [1.165, 1.54) is 25.3 Å². The lowest BCUT2D eigenvalue weighted by molar-refractivity contribution is 0.0896. The SMILES string of the molecule is COc1ccc(F)cc1C(=O)NC1CCCCCC1CO. The van der Waals surface area contributed by atoms with Crippen molar-refractivity contribution in [2.24, 2.45) is 5.92 Å². The number of methoxy groups -OCH3 is 1. The zero-order chi connectivity index (χ0) is 15.2. The van der Waals surface area contributed by atoms with Gasteiger partial charge in [-0.3, -0.25) is 4.79 Å². The minimum absolute atomic E-state index is 0.0607. The number of hydrogen-bond acceptors (Lipinski definition) is 3. The van der Waals surface area contributed by atoms with Crippen molar-refractivity contribution in [1.82, 2.24) is 5.32 Å². The molecular formula is C16H22FNO3. The second-order valence-electron chi connectivity index (χ2n) is 5.51. The summed E-state index contributed by atoms with van der Waals surface area (Å²) in [6.45, 7) is 0.0607. The largest absolute Gasteiger partial charge is 0.496 e. The molecule has 0 bridgehead atoms. The zero-order valence-corrected chi connectivity index (χ0v) is 12.3. The number of carbonyl (C=O) groups is 1. The van der Waals surface area contributed by atoms with E-state index in [2.05, 4.69) is 5.32 Å². The van der Waals surface area contributed by atoms with Crippen molar-refractivity contribution in [3.8, 4) is 5.75 Å². The van der Waals surface area contributed by atoms with Crippen LogP contribution in [0.25, 0.3) is 0 Å². The Morgan fingerprint density at radius 2 is 2.14 bits per heavy atom. The molecule has 5 heteroatoms. The number of aliphatic hydroxyl groups is 1. The van der Waals surface area contributed by atoms with Crippen LogP contribution in [0.1, 0.15) is 42.5 Å². The van der Waals surface area contributed by atoms with Crippen LogP contribution in [0.5, 0.6) is 5.75 Å². The third kappa shape index (κ3) is 3.94. The Morgan fingerprint density at radius 1 is 1.38 bits per heavy atom. The minimum atomic E-state index is -0.472. The number of benzene rings is 1. The molecule has 0 aromatic heterocycles. The number of ether oxygens (including phenoxy) is 1. The number of nitrogens with one attached hydrogen (secondary N) is 1. The van der Waals surface area contributed by atoms with Crippen molar-refractivity contribution in [3.63, 3.8) is 0 Å². The normalized spacial score (nSPS) is 22.4. The van der Waals surface area contributed by atoms with Crippen LogP contribution in [-0.4, -0.2) is 30.8 Å². The van der Waals surface area contributed by atoms with Gasteiger partial charge < -0.3 is 15.2 Å². The van der Waals surface area contributed by atoms with E-state index in [-0.39, 0.29) is 30.0 Å². The number of halogens is 1. The van der Waals surface area contributed by atoms with E-state index in [0.717, 1.165) is 32.1 Å². The Balaban J connectivity index is 2.14. The molecule has 1 fully saturated rings. The van der Waals surface area contributed by atoms with E-state index >= 15 is 0 Å². The molecule has 0 spiro atoms. The first-order chi connectivity index (χ1) is 10.2. The first-order valence-electron chi connectivity index (χ1n) is 7.41. The fraction of sp³-hybridized carbons (Fsp3) is 0.562. The highest BCUT2D eigenvalue weighted by molar-refractivity contribution is 5.97. The van der Waals surface area contributed by atoms with Gasteiger partial charge in [0.25, 0.3) is 5.91 Å². The molecule has 1 amide bonds. The maximum absolute atomic E-state index is 13.4. The highest BCUT2D eigenvalue weighted by atomic mass is 19.1. The molecule has 116 valence electrons. The van der Waals surface area contributed by atoms with Crippen molar-refractivity contribution >= 4 is 5.91 Å². The van der Waals surface area contributed by atoms with Crippen molar-refractivity contribution < 1.29 is 19.0 Å². The third-order valence-corrected chi connectivity index (χ3v) is 4.12. The standard InChI is InChI=1S/C16H22FNO3/c1-21-15-8-7-12(17)9-13(15)16(20)18-14-6-4-2-3-5-11(14)10-19/h7-9,11,14,19H,2-6,10H2,1H3,(H,18,20). The average Bonchev–Trinajstić information content (AvgIpc) is 2.72. The fourth-order valence-electron chi connectivity index (χ4n) is 2.90. The van der Waals surface area contributed by atoms with Gasteiger partial charge in [-0.15, -0.1) is 0 Å². The quantitative estimate of drug-likeness (QED) is 0.839. The van der Waals surface area contributed by atoms with Crippen LogP contribution in [-0.2, 0) is 0 Å². The highest BCUT2D eigenvalue weighted by Gasteiger charge is 2.26. The molecule has 1 aromatic rings. The maximum atomic E-state index is 13.4. The molecule has 0 aliphatic heterocycles. The fourth-order valence-corrected chi connectivity index (χ4v) is 2.90. The summed E-state index contributed by atoms with van der Waals surface area (Å²) >= 11 is 0.